The zero-order valence-electron chi connectivity index (χ0n) is 44.7. The number of hydrogen-bond acceptors (Lipinski definition) is 2. The summed E-state index contributed by atoms with van der Waals surface area (Å²) in [5, 5.41) is 9.24. The molecule has 0 fully saturated rings. The Balaban J connectivity index is 1.53. The van der Waals surface area contributed by atoms with Gasteiger partial charge in [0.25, 0.3) is 0 Å². The van der Waals surface area contributed by atoms with Crippen molar-refractivity contribution in [2.24, 2.45) is 0 Å². The van der Waals surface area contributed by atoms with Crippen molar-refractivity contribution in [3.63, 3.8) is 0 Å². The van der Waals surface area contributed by atoms with Gasteiger partial charge in [-0.15, -0.1) is 0 Å². The van der Waals surface area contributed by atoms with Crippen LogP contribution in [0.3, 0.4) is 0 Å². The molecule has 0 saturated carbocycles. The Labute approximate surface area is 427 Å². The second-order valence-electron chi connectivity index (χ2n) is 23.8. The number of hydrogen-bond donors (Lipinski definition) is 0. The molecule has 5 aromatic rings. The van der Waals surface area contributed by atoms with Crippen LogP contribution in [0.15, 0.2) is 36.4 Å². The summed E-state index contributed by atoms with van der Waals surface area (Å²) >= 11 is -5.44. The van der Waals surface area contributed by atoms with Crippen LogP contribution in [0, 0.1) is 0 Å². The van der Waals surface area contributed by atoms with Crippen LogP contribution in [0.4, 0.5) is 0 Å². The van der Waals surface area contributed by atoms with Gasteiger partial charge in [0, 0.05) is 0 Å². The Morgan fingerprint density at radius 1 is 0.409 bits per heavy atom. The SMILES string of the molecule is CCCCCCCCC(CCCCCCCC)n1c2cc3[c](cc2c2c[c]4c(cc21)-c1s[c]([Sn]([CH3])([CH3])[CH3])c[c]1[Ge]4([CH2]CCC)[CH2]CCC)[Ge]([CH2]CCC)([CH2]CCC)[c]1c[c]([Sn]([CH3])([CH3])[CH3])sc1-3. The third-order valence-corrected chi connectivity index (χ3v) is 60.7. The number of fused-ring (bicyclic) bond motifs is 9. The first-order valence-electron chi connectivity index (χ1n) is 28.2. The van der Waals surface area contributed by atoms with Crippen molar-refractivity contribution in [1.29, 1.82) is 0 Å². The maximum absolute atomic E-state index is 3.06. The molecule has 0 bridgehead atoms. The fourth-order valence-corrected chi connectivity index (χ4v) is 54.1. The Hall–Kier alpha value is 0.323. The molecule has 0 N–H and O–H groups in total. The van der Waals surface area contributed by atoms with Crippen molar-refractivity contribution >= 4 is 131 Å². The van der Waals surface area contributed by atoms with Crippen LogP contribution < -0.4 is 23.4 Å². The first-order valence-corrected chi connectivity index (χ1v) is 60.0. The van der Waals surface area contributed by atoms with Crippen LogP contribution in [0.5, 0.6) is 0 Å². The number of thiophene rings is 2. The fourth-order valence-electron chi connectivity index (χ4n) is 12.6. The van der Waals surface area contributed by atoms with E-state index in [0.717, 1.165) is 0 Å². The molecule has 0 spiro atoms. The molecule has 2 aromatic carbocycles. The van der Waals surface area contributed by atoms with E-state index in [1.54, 1.807) is 42.7 Å². The minimum atomic E-state index is -2.70. The number of aromatic nitrogens is 1. The standard InChI is InChI=1S/C53H77Ge2NS2.6CH3.2Sn/c1-7-13-19-21-23-25-27-41(28-26-24-22-20-14-8-2)56-50-39-44-48(54(31-15-9-3,32-16-10-4)46-29-35-57-52(44)46)37-42(50)43-38-49-45(40-51(43)56)53-47(30-36-58-53)55(49,33-17-11-5)34-18-12-6;;;;;;;;/h29-30,37-41H,7-28,31-34H2,1-6H3;6*1H3;;. The predicted molar refractivity (Wildman–Crippen MR) is 316 cm³/mol. The van der Waals surface area contributed by atoms with Gasteiger partial charge in [-0.2, -0.15) is 0 Å². The van der Waals surface area contributed by atoms with Crippen LogP contribution >= 0.6 is 22.7 Å². The summed E-state index contributed by atoms with van der Waals surface area (Å²) < 4.78 is 14.4. The molecule has 0 radical (unpaired) electrons. The molecule has 0 unspecified atom stereocenters. The average molecular weight is 1270 g/mol. The van der Waals surface area contributed by atoms with E-state index in [1.165, 1.54) is 162 Å². The summed E-state index contributed by atoms with van der Waals surface area (Å²) in [6, 6.07) is 18.0. The van der Waals surface area contributed by atoms with Crippen LogP contribution in [0.25, 0.3) is 42.7 Å². The van der Waals surface area contributed by atoms with E-state index in [4.69, 9.17) is 0 Å². The fraction of sp³-hybridized carbons (Fsp3) is 0.661. The van der Waals surface area contributed by atoms with Crippen LogP contribution in [0.2, 0.25) is 50.7 Å². The Kier molecular flexibility index (Phi) is 19.6. The van der Waals surface area contributed by atoms with Crippen molar-refractivity contribution in [1.82, 2.24) is 4.57 Å². The molecule has 5 heterocycles. The topological polar surface area (TPSA) is 4.93 Å². The summed E-state index contributed by atoms with van der Waals surface area (Å²) in [5.74, 6) is 0. The first-order chi connectivity index (χ1) is 31.7. The molecule has 0 saturated heterocycles. The second-order valence-corrected chi connectivity index (χ2v) is 74.5. The summed E-state index contributed by atoms with van der Waals surface area (Å²) in [4.78, 5) is 19.6. The van der Waals surface area contributed by atoms with Gasteiger partial charge in [0.2, 0.25) is 0 Å². The van der Waals surface area contributed by atoms with Gasteiger partial charge >= 0.3 is 406 Å². The zero-order chi connectivity index (χ0) is 47.3. The summed E-state index contributed by atoms with van der Waals surface area (Å²) in [7, 11) is 0. The Bertz CT molecular complexity index is 2190. The molecule has 3 aromatic heterocycles. The normalized spacial score (nSPS) is 15.1. The Morgan fingerprint density at radius 3 is 1.08 bits per heavy atom. The molecule has 2 aliphatic heterocycles. The molecular weight excluding hydrogens is 1170 g/mol. The van der Waals surface area contributed by atoms with Gasteiger partial charge in [-0.1, -0.05) is 26.7 Å². The van der Waals surface area contributed by atoms with E-state index in [-0.39, 0.29) is 0 Å². The van der Waals surface area contributed by atoms with Gasteiger partial charge < -0.3 is 0 Å². The van der Waals surface area contributed by atoms with E-state index < -0.39 is 63.3 Å². The molecule has 0 atom stereocenters. The predicted octanol–water partition coefficient (Wildman–Crippen LogP) is 17.3. The molecular formula is C59H95Ge2NS2Sn2. The van der Waals surface area contributed by atoms with Crippen molar-refractivity contribution in [3.8, 4) is 20.9 Å². The van der Waals surface area contributed by atoms with E-state index in [0.29, 0.717) is 6.04 Å². The number of unbranched alkanes of at least 4 members (excludes halogenated alkanes) is 14. The van der Waals surface area contributed by atoms with Crippen molar-refractivity contribution < 1.29 is 0 Å². The molecule has 66 heavy (non-hydrogen) atoms. The van der Waals surface area contributed by atoms with Crippen molar-refractivity contribution in [3.05, 3.63) is 36.4 Å². The second kappa shape index (κ2) is 23.9. The molecule has 0 aliphatic carbocycles. The molecule has 7 heteroatoms. The van der Waals surface area contributed by atoms with Gasteiger partial charge in [-0.05, 0) is 0 Å². The van der Waals surface area contributed by atoms with Gasteiger partial charge in [-0.25, -0.2) is 0 Å². The molecule has 2 aliphatic rings. The quantitative estimate of drug-likeness (QED) is 0.0332. The number of nitrogens with zero attached hydrogens (tertiary/aromatic N) is 1. The van der Waals surface area contributed by atoms with Crippen molar-refractivity contribution in [2.75, 3.05) is 0 Å². The van der Waals surface area contributed by atoms with E-state index in [2.05, 4.69) is 135 Å². The van der Waals surface area contributed by atoms with E-state index in [1.807, 2.05) is 23.4 Å². The first kappa shape index (κ1) is 54.1. The molecule has 364 valence electrons. The molecule has 7 rings (SSSR count). The van der Waals surface area contributed by atoms with E-state index in [9.17, 15) is 0 Å². The van der Waals surface area contributed by atoms with Crippen LogP contribution in [0.1, 0.15) is 189 Å². The van der Waals surface area contributed by atoms with Gasteiger partial charge in [-0.3, -0.25) is 0 Å². The summed E-state index contributed by atoms with van der Waals surface area (Å²) in [6.45, 7) is 14.6. The summed E-state index contributed by atoms with van der Waals surface area (Å²) in [6.07, 6.45) is 30.1. The van der Waals surface area contributed by atoms with Gasteiger partial charge in [0.15, 0.2) is 0 Å². The van der Waals surface area contributed by atoms with Crippen LogP contribution in [-0.2, 0) is 0 Å². The zero-order valence-corrected chi connectivity index (χ0v) is 56.2. The van der Waals surface area contributed by atoms with Crippen molar-refractivity contribution in [2.45, 2.75) is 239 Å². The van der Waals surface area contributed by atoms with Gasteiger partial charge in [0.1, 0.15) is 0 Å². The third kappa shape index (κ3) is 11.1. The maximum atomic E-state index is 3.06. The van der Waals surface area contributed by atoms with Gasteiger partial charge in [0.05, 0.1) is 0 Å². The number of benzene rings is 2. The minimum absolute atomic E-state index is 0.562. The monoisotopic (exact) mass is 1270 g/mol. The Morgan fingerprint density at radius 2 is 0.742 bits per heavy atom. The molecule has 0 amide bonds. The molecule has 1 nitrogen and oxygen atoms in total. The average Bonchev–Trinajstić information content (AvgIpc) is 4.10. The number of rotatable bonds is 29. The summed E-state index contributed by atoms with van der Waals surface area (Å²) in [5.41, 5.74) is 6.65. The van der Waals surface area contributed by atoms with Crippen LogP contribution in [-0.4, -0.2) is 67.9 Å². The third-order valence-electron chi connectivity index (χ3n) is 16.6. The van der Waals surface area contributed by atoms with E-state index >= 15 is 0 Å².